The van der Waals surface area contributed by atoms with E-state index in [0.29, 0.717) is 12.5 Å². The molecule has 8 nitrogen and oxygen atoms in total. The fraction of sp³-hybridized carbons (Fsp3) is 0.750. The Bertz CT molecular complexity index is 646. The van der Waals surface area contributed by atoms with E-state index in [2.05, 4.69) is 39.4 Å². The average Bonchev–Trinajstić information content (AvgIpc) is 3.04. The third kappa shape index (κ3) is 3.58. The maximum Gasteiger partial charge on any atom is 0.245 e. The Morgan fingerprint density at radius 2 is 2.12 bits per heavy atom. The van der Waals surface area contributed by atoms with Gasteiger partial charge in [0.2, 0.25) is 5.95 Å². The summed E-state index contributed by atoms with van der Waals surface area (Å²) in [5, 5.41) is 16.3. The van der Waals surface area contributed by atoms with Crippen LogP contribution in [-0.4, -0.2) is 51.2 Å². The average molecular weight is 334 g/mol. The molecule has 2 aromatic heterocycles. The quantitative estimate of drug-likeness (QED) is 0.824. The van der Waals surface area contributed by atoms with Crippen LogP contribution in [0.3, 0.4) is 0 Å². The summed E-state index contributed by atoms with van der Waals surface area (Å²) >= 11 is 0. The van der Waals surface area contributed by atoms with Gasteiger partial charge in [0.05, 0.1) is 18.3 Å². The van der Waals surface area contributed by atoms with E-state index in [9.17, 15) is 0 Å². The minimum Gasteiger partial charge on any atom is -0.376 e. The molecule has 1 unspecified atom stereocenters. The smallest absolute Gasteiger partial charge is 0.245 e. The van der Waals surface area contributed by atoms with Crippen LogP contribution >= 0.6 is 0 Å². The first-order valence-electron chi connectivity index (χ1n) is 8.60. The first-order valence-corrected chi connectivity index (χ1v) is 8.60. The van der Waals surface area contributed by atoms with Gasteiger partial charge in [0.15, 0.2) is 0 Å². The first kappa shape index (κ1) is 16.9. The predicted octanol–water partition coefficient (Wildman–Crippen LogP) is 1.77. The Kier molecular flexibility index (Phi) is 5.13. The summed E-state index contributed by atoms with van der Waals surface area (Å²) in [4.78, 5) is 2.24. The summed E-state index contributed by atoms with van der Waals surface area (Å²) in [5.74, 6) is 2.15. The van der Waals surface area contributed by atoms with Crippen LogP contribution in [-0.2, 0) is 17.7 Å². The van der Waals surface area contributed by atoms with Crippen LogP contribution in [0.1, 0.15) is 37.3 Å². The summed E-state index contributed by atoms with van der Waals surface area (Å²) in [5.41, 5.74) is 2.07. The summed E-state index contributed by atoms with van der Waals surface area (Å²) < 4.78 is 13.0. The molecule has 1 aliphatic rings. The van der Waals surface area contributed by atoms with Crippen LogP contribution in [0.4, 0.5) is 5.95 Å². The molecule has 2 aromatic rings. The SMILES string of the molecule is Cc1noc(C)c1CCn1nnnc1N1CCCOC(C(C)C)C1. The Labute approximate surface area is 142 Å². The Hall–Kier alpha value is -1.96. The van der Waals surface area contributed by atoms with E-state index in [0.717, 1.165) is 55.5 Å². The van der Waals surface area contributed by atoms with E-state index < -0.39 is 0 Å². The van der Waals surface area contributed by atoms with Gasteiger partial charge in [-0.1, -0.05) is 24.1 Å². The molecule has 0 saturated carbocycles. The van der Waals surface area contributed by atoms with E-state index in [1.807, 2.05) is 18.5 Å². The van der Waals surface area contributed by atoms with E-state index in [1.54, 1.807) is 0 Å². The monoisotopic (exact) mass is 334 g/mol. The number of hydrogen-bond acceptors (Lipinski definition) is 7. The van der Waals surface area contributed by atoms with Gasteiger partial charge in [-0.2, -0.15) is 0 Å². The third-order valence-corrected chi connectivity index (χ3v) is 4.60. The molecule has 3 rings (SSSR count). The molecular weight excluding hydrogens is 308 g/mol. The fourth-order valence-corrected chi connectivity index (χ4v) is 3.08. The van der Waals surface area contributed by atoms with E-state index in [4.69, 9.17) is 9.26 Å². The van der Waals surface area contributed by atoms with Crippen LogP contribution in [0.15, 0.2) is 4.52 Å². The zero-order valence-corrected chi connectivity index (χ0v) is 14.9. The fourth-order valence-electron chi connectivity index (χ4n) is 3.08. The standard InChI is InChI=1S/C16H26N6O2/c1-11(2)15-10-21(7-5-9-23-15)16-17-19-20-22(16)8-6-14-12(3)18-24-13(14)4/h11,15H,5-10H2,1-4H3. The van der Waals surface area contributed by atoms with Crippen LogP contribution in [0.2, 0.25) is 0 Å². The van der Waals surface area contributed by atoms with E-state index in [-0.39, 0.29) is 6.10 Å². The molecule has 0 amide bonds. The van der Waals surface area contributed by atoms with Crippen molar-refractivity contribution in [2.75, 3.05) is 24.6 Å². The number of hydrogen-bond donors (Lipinski definition) is 0. The van der Waals surface area contributed by atoms with Gasteiger partial charge in [-0.05, 0) is 43.0 Å². The van der Waals surface area contributed by atoms with Crippen molar-refractivity contribution < 1.29 is 9.26 Å². The molecule has 0 aromatic carbocycles. The molecule has 0 radical (unpaired) electrons. The van der Waals surface area contributed by atoms with Gasteiger partial charge in [0.1, 0.15) is 5.76 Å². The Morgan fingerprint density at radius 1 is 1.29 bits per heavy atom. The third-order valence-electron chi connectivity index (χ3n) is 4.60. The highest BCUT2D eigenvalue weighted by Gasteiger charge is 2.25. The maximum absolute atomic E-state index is 5.94. The first-order chi connectivity index (χ1) is 11.6. The Balaban J connectivity index is 1.72. The number of tetrazole rings is 1. The molecule has 0 aliphatic carbocycles. The molecule has 132 valence electrons. The molecule has 0 spiro atoms. The zero-order valence-electron chi connectivity index (χ0n) is 14.9. The van der Waals surface area contributed by atoms with Gasteiger partial charge in [0, 0.05) is 25.3 Å². The highest BCUT2D eigenvalue weighted by atomic mass is 16.5. The molecule has 8 heteroatoms. The summed E-state index contributed by atoms with van der Waals surface area (Å²) in [6.07, 6.45) is 2.00. The van der Waals surface area contributed by atoms with Crippen molar-refractivity contribution in [2.45, 2.75) is 53.2 Å². The van der Waals surface area contributed by atoms with Crippen molar-refractivity contribution in [3.63, 3.8) is 0 Å². The molecular formula is C16H26N6O2. The number of anilines is 1. The number of rotatable bonds is 5. The lowest BCUT2D eigenvalue weighted by molar-refractivity contribution is 0.0374. The normalized spacial score (nSPS) is 19.0. The molecule has 1 fully saturated rings. The topological polar surface area (TPSA) is 82.1 Å². The lowest BCUT2D eigenvalue weighted by atomic mass is 10.1. The molecule has 3 heterocycles. The number of aromatic nitrogens is 5. The van der Waals surface area contributed by atoms with Crippen LogP contribution in [0.5, 0.6) is 0 Å². The second-order valence-corrected chi connectivity index (χ2v) is 6.71. The van der Waals surface area contributed by atoms with Crippen molar-refractivity contribution in [1.29, 1.82) is 0 Å². The minimum absolute atomic E-state index is 0.209. The highest BCUT2D eigenvalue weighted by Crippen LogP contribution is 2.19. The van der Waals surface area contributed by atoms with Gasteiger partial charge < -0.3 is 14.2 Å². The summed E-state index contributed by atoms with van der Waals surface area (Å²) in [7, 11) is 0. The molecule has 1 saturated heterocycles. The lowest BCUT2D eigenvalue weighted by Gasteiger charge is -2.26. The van der Waals surface area contributed by atoms with Gasteiger partial charge in [0.25, 0.3) is 0 Å². The van der Waals surface area contributed by atoms with Crippen molar-refractivity contribution in [1.82, 2.24) is 25.4 Å². The second kappa shape index (κ2) is 7.29. The van der Waals surface area contributed by atoms with Crippen molar-refractivity contribution in [3.8, 4) is 0 Å². The van der Waals surface area contributed by atoms with Gasteiger partial charge >= 0.3 is 0 Å². The lowest BCUT2D eigenvalue weighted by Crippen LogP contribution is -2.36. The maximum atomic E-state index is 5.94. The van der Waals surface area contributed by atoms with Gasteiger partial charge in [-0.3, -0.25) is 0 Å². The van der Waals surface area contributed by atoms with Gasteiger partial charge in [-0.25, -0.2) is 4.68 Å². The Morgan fingerprint density at radius 3 is 2.83 bits per heavy atom. The molecule has 24 heavy (non-hydrogen) atoms. The van der Waals surface area contributed by atoms with Crippen molar-refractivity contribution in [2.24, 2.45) is 5.92 Å². The highest BCUT2D eigenvalue weighted by molar-refractivity contribution is 5.29. The molecule has 1 aliphatic heterocycles. The largest absolute Gasteiger partial charge is 0.376 e. The van der Waals surface area contributed by atoms with E-state index in [1.165, 1.54) is 0 Å². The zero-order chi connectivity index (χ0) is 17.1. The predicted molar refractivity (Wildman–Crippen MR) is 88.9 cm³/mol. The van der Waals surface area contributed by atoms with E-state index >= 15 is 0 Å². The molecule has 1 atom stereocenters. The van der Waals surface area contributed by atoms with Crippen LogP contribution in [0.25, 0.3) is 0 Å². The van der Waals surface area contributed by atoms with Crippen LogP contribution in [0, 0.1) is 19.8 Å². The summed E-state index contributed by atoms with van der Waals surface area (Å²) in [6.45, 7) is 11.5. The van der Waals surface area contributed by atoms with Gasteiger partial charge in [-0.15, -0.1) is 0 Å². The van der Waals surface area contributed by atoms with Crippen molar-refractivity contribution in [3.05, 3.63) is 17.0 Å². The number of aryl methyl sites for hydroxylation is 3. The second-order valence-electron chi connectivity index (χ2n) is 6.71. The minimum atomic E-state index is 0.209. The number of nitrogens with zero attached hydrogens (tertiary/aromatic N) is 6. The molecule has 0 bridgehead atoms. The number of ether oxygens (including phenoxy) is 1. The van der Waals surface area contributed by atoms with Crippen molar-refractivity contribution >= 4 is 5.95 Å². The summed E-state index contributed by atoms with van der Waals surface area (Å²) in [6, 6.07) is 0. The molecule has 0 N–H and O–H groups in total. The van der Waals surface area contributed by atoms with Crippen LogP contribution < -0.4 is 4.90 Å².